The third-order valence-electron chi connectivity index (χ3n) is 7.90. The predicted molar refractivity (Wildman–Crippen MR) is 115 cm³/mol. The number of carboxylic acid groups (broad SMARTS) is 1. The highest BCUT2D eigenvalue weighted by Crippen LogP contribution is 2.59. The highest BCUT2D eigenvalue weighted by molar-refractivity contribution is 5.90. The normalized spacial score (nSPS) is 31.7. The zero-order valence-corrected chi connectivity index (χ0v) is 16.6. The van der Waals surface area contributed by atoms with Gasteiger partial charge < -0.3 is 10.0 Å². The summed E-state index contributed by atoms with van der Waals surface area (Å²) >= 11 is 0. The van der Waals surface area contributed by atoms with Crippen LogP contribution in [0.5, 0.6) is 0 Å². The second-order valence-electron chi connectivity index (χ2n) is 9.32. The molecule has 6 rings (SSSR count). The van der Waals surface area contributed by atoms with Crippen molar-refractivity contribution >= 4 is 11.7 Å². The molecular formula is C26H27NO2. The number of benzene rings is 2. The highest BCUT2D eigenvalue weighted by Gasteiger charge is 2.48. The maximum absolute atomic E-state index is 12.0. The van der Waals surface area contributed by atoms with Crippen molar-refractivity contribution in [2.75, 3.05) is 11.4 Å². The van der Waals surface area contributed by atoms with Crippen molar-refractivity contribution in [2.45, 2.75) is 50.0 Å². The molecule has 4 aliphatic rings. The van der Waals surface area contributed by atoms with Crippen molar-refractivity contribution in [3.05, 3.63) is 76.9 Å². The van der Waals surface area contributed by atoms with Gasteiger partial charge in [-0.05, 0) is 65.8 Å². The third kappa shape index (κ3) is 2.52. The predicted octanol–water partition coefficient (Wildman–Crippen LogP) is 5.89. The van der Waals surface area contributed by atoms with Crippen LogP contribution in [0.4, 0.5) is 5.69 Å². The van der Waals surface area contributed by atoms with Crippen LogP contribution >= 0.6 is 0 Å². The first kappa shape index (κ1) is 17.3. The van der Waals surface area contributed by atoms with E-state index in [9.17, 15) is 9.90 Å². The van der Waals surface area contributed by atoms with E-state index in [0.717, 1.165) is 13.0 Å². The number of nitrogens with zero attached hydrogens (tertiary/aromatic N) is 1. The van der Waals surface area contributed by atoms with Crippen LogP contribution in [0.3, 0.4) is 0 Å². The van der Waals surface area contributed by atoms with Crippen molar-refractivity contribution in [1.82, 2.24) is 0 Å². The molecule has 0 spiro atoms. The van der Waals surface area contributed by atoms with Gasteiger partial charge in [0.15, 0.2) is 0 Å². The van der Waals surface area contributed by atoms with E-state index in [0.29, 0.717) is 35.3 Å². The monoisotopic (exact) mass is 385 g/mol. The molecule has 3 nitrogen and oxygen atoms in total. The van der Waals surface area contributed by atoms with Gasteiger partial charge in [-0.1, -0.05) is 55.3 Å². The van der Waals surface area contributed by atoms with Crippen molar-refractivity contribution in [2.24, 2.45) is 11.8 Å². The Balaban J connectivity index is 1.60. The molecule has 2 aliphatic carbocycles. The van der Waals surface area contributed by atoms with E-state index >= 15 is 0 Å². The van der Waals surface area contributed by atoms with Gasteiger partial charge in [0.2, 0.25) is 0 Å². The second-order valence-corrected chi connectivity index (χ2v) is 9.32. The Kier molecular flexibility index (Phi) is 3.87. The van der Waals surface area contributed by atoms with E-state index in [1.807, 2.05) is 12.1 Å². The summed E-state index contributed by atoms with van der Waals surface area (Å²) in [6.07, 6.45) is 10.8. The number of hydrogen-bond acceptors (Lipinski definition) is 2. The Labute approximate surface area is 172 Å². The number of carbonyl (C=O) groups is 1. The Hall–Kier alpha value is -2.55. The van der Waals surface area contributed by atoms with Crippen LogP contribution in [0.15, 0.2) is 54.6 Å². The molecule has 29 heavy (non-hydrogen) atoms. The molecule has 2 heterocycles. The van der Waals surface area contributed by atoms with Gasteiger partial charge in [-0.15, -0.1) is 0 Å². The smallest absolute Gasteiger partial charge is 0.335 e. The van der Waals surface area contributed by atoms with Crippen LogP contribution in [0.25, 0.3) is 0 Å². The number of hydrogen-bond donors (Lipinski definition) is 1. The molecular weight excluding hydrogens is 358 g/mol. The third-order valence-corrected chi connectivity index (χ3v) is 7.90. The van der Waals surface area contributed by atoms with Crippen LogP contribution < -0.4 is 4.90 Å². The summed E-state index contributed by atoms with van der Waals surface area (Å²) < 4.78 is 0. The standard InChI is InChI=1S/C26H27NO2/c28-26(29)18-13-22-19-10-5-4-9-17(19)15-27-24(16-7-2-1-3-8-16)21-12-6-11-20(21)23(14-18)25(22)27/h1-3,6-8,11,13-14,17,19-21,24H,4-5,9-10,12,15H2,(H,28,29). The number of allylic oxidation sites excluding steroid dienone is 2. The van der Waals surface area contributed by atoms with E-state index < -0.39 is 5.97 Å². The fourth-order valence-corrected chi connectivity index (χ4v) is 6.74. The van der Waals surface area contributed by atoms with Gasteiger partial charge in [0.25, 0.3) is 0 Å². The highest BCUT2D eigenvalue weighted by atomic mass is 16.4. The van der Waals surface area contributed by atoms with Gasteiger partial charge in [0, 0.05) is 18.2 Å². The van der Waals surface area contributed by atoms with Crippen LogP contribution in [-0.2, 0) is 0 Å². The molecule has 2 aliphatic heterocycles. The fourth-order valence-electron chi connectivity index (χ4n) is 6.74. The lowest BCUT2D eigenvalue weighted by molar-refractivity contribution is 0.0696. The maximum atomic E-state index is 12.0. The molecule has 2 aromatic carbocycles. The molecule has 1 fully saturated rings. The molecule has 5 atom stereocenters. The average molecular weight is 386 g/mol. The Morgan fingerprint density at radius 2 is 1.83 bits per heavy atom. The quantitative estimate of drug-likeness (QED) is 0.655. The molecule has 0 saturated heterocycles. The van der Waals surface area contributed by atoms with Gasteiger partial charge >= 0.3 is 5.97 Å². The molecule has 1 N–H and O–H groups in total. The topological polar surface area (TPSA) is 40.5 Å². The van der Waals surface area contributed by atoms with Gasteiger partial charge in [0.1, 0.15) is 0 Å². The minimum absolute atomic E-state index is 0.324. The van der Waals surface area contributed by atoms with Crippen molar-refractivity contribution in [1.29, 1.82) is 0 Å². The largest absolute Gasteiger partial charge is 0.478 e. The summed E-state index contributed by atoms with van der Waals surface area (Å²) in [5, 5.41) is 9.83. The molecule has 2 aromatic rings. The van der Waals surface area contributed by atoms with E-state index in [2.05, 4.69) is 47.4 Å². The van der Waals surface area contributed by atoms with Crippen molar-refractivity contribution in [3.63, 3.8) is 0 Å². The lowest BCUT2D eigenvalue weighted by Gasteiger charge is -2.53. The molecule has 0 aromatic heterocycles. The lowest BCUT2D eigenvalue weighted by Crippen LogP contribution is -2.47. The van der Waals surface area contributed by atoms with Crippen molar-refractivity contribution in [3.8, 4) is 0 Å². The van der Waals surface area contributed by atoms with Gasteiger partial charge in [0.05, 0.1) is 11.6 Å². The summed E-state index contributed by atoms with van der Waals surface area (Å²) in [7, 11) is 0. The lowest BCUT2D eigenvalue weighted by atomic mass is 9.66. The number of rotatable bonds is 2. The number of anilines is 1. The van der Waals surface area contributed by atoms with E-state index in [-0.39, 0.29) is 0 Å². The Bertz CT molecular complexity index is 995. The molecule has 148 valence electrons. The SMILES string of the molecule is O=C(O)c1cc2c3c(c1)C1CCCCC1CN3C(c1ccccc1)C1CC=CC21. The Morgan fingerprint density at radius 1 is 1.03 bits per heavy atom. The van der Waals surface area contributed by atoms with Crippen LogP contribution in [0, 0.1) is 11.8 Å². The number of aromatic carboxylic acids is 1. The minimum Gasteiger partial charge on any atom is -0.478 e. The summed E-state index contributed by atoms with van der Waals surface area (Å²) in [6.45, 7) is 1.11. The molecule has 0 bridgehead atoms. The van der Waals surface area contributed by atoms with Crippen molar-refractivity contribution < 1.29 is 9.90 Å². The maximum Gasteiger partial charge on any atom is 0.335 e. The first-order valence-electron chi connectivity index (χ1n) is 11.1. The average Bonchev–Trinajstić information content (AvgIpc) is 3.24. The summed E-state index contributed by atoms with van der Waals surface area (Å²) in [5.74, 6) is 1.18. The second kappa shape index (κ2) is 6.48. The van der Waals surface area contributed by atoms with Crippen LogP contribution in [-0.4, -0.2) is 17.6 Å². The molecule has 5 unspecified atom stereocenters. The van der Waals surface area contributed by atoms with Crippen LogP contribution in [0.1, 0.15) is 77.0 Å². The van der Waals surface area contributed by atoms with E-state index in [4.69, 9.17) is 0 Å². The molecule has 1 saturated carbocycles. The first-order chi connectivity index (χ1) is 14.2. The number of carboxylic acids is 1. The van der Waals surface area contributed by atoms with Gasteiger partial charge in [-0.3, -0.25) is 0 Å². The molecule has 0 amide bonds. The fraction of sp³-hybridized carbons (Fsp3) is 0.423. The zero-order valence-electron chi connectivity index (χ0n) is 16.6. The molecule has 0 radical (unpaired) electrons. The van der Waals surface area contributed by atoms with E-state index in [1.165, 1.54) is 48.1 Å². The summed E-state index contributed by atoms with van der Waals surface area (Å²) in [4.78, 5) is 14.6. The first-order valence-corrected chi connectivity index (χ1v) is 11.1. The molecule has 3 heteroatoms. The summed E-state index contributed by atoms with van der Waals surface area (Å²) in [6, 6.07) is 15.3. The van der Waals surface area contributed by atoms with Crippen LogP contribution in [0.2, 0.25) is 0 Å². The minimum atomic E-state index is -0.794. The Morgan fingerprint density at radius 3 is 2.66 bits per heavy atom. The van der Waals surface area contributed by atoms with E-state index in [1.54, 1.807) is 0 Å². The van der Waals surface area contributed by atoms with Gasteiger partial charge in [-0.2, -0.15) is 0 Å². The number of fused-ring (bicyclic) bond motifs is 4. The zero-order chi connectivity index (χ0) is 19.5. The van der Waals surface area contributed by atoms with Gasteiger partial charge in [-0.25, -0.2) is 4.79 Å². The summed E-state index contributed by atoms with van der Waals surface area (Å²) in [5.41, 5.74) is 5.81.